The van der Waals surface area contributed by atoms with E-state index in [4.69, 9.17) is 19.7 Å². The summed E-state index contributed by atoms with van der Waals surface area (Å²) < 4.78 is 10.2. The SMILES string of the molecule is OC1CO[C@H]2C(O)CO[C@@H]12. The molecule has 0 aromatic heterocycles. The molecule has 0 aliphatic carbocycles. The van der Waals surface area contributed by atoms with Gasteiger partial charge in [0.15, 0.2) is 0 Å². The summed E-state index contributed by atoms with van der Waals surface area (Å²) in [5.41, 5.74) is 0. The molecular weight excluding hydrogens is 136 g/mol. The Bertz CT molecular complexity index is 122. The Morgan fingerprint density at radius 3 is 1.70 bits per heavy atom. The molecule has 4 heteroatoms. The van der Waals surface area contributed by atoms with Gasteiger partial charge in [-0.2, -0.15) is 0 Å². The van der Waals surface area contributed by atoms with Crippen molar-refractivity contribution in [3.8, 4) is 0 Å². The zero-order chi connectivity index (χ0) is 7.14. The first-order valence-corrected chi connectivity index (χ1v) is 3.38. The Kier molecular flexibility index (Phi) is 1.42. The van der Waals surface area contributed by atoms with E-state index >= 15 is 0 Å². The van der Waals surface area contributed by atoms with Crippen LogP contribution in [0.1, 0.15) is 0 Å². The monoisotopic (exact) mass is 146 g/mol. The van der Waals surface area contributed by atoms with Gasteiger partial charge in [-0.25, -0.2) is 0 Å². The molecule has 2 heterocycles. The number of hydrogen-bond acceptors (Lipinski definition) is 4. The van der Waals surface area contributed by atoms with Crippen molar-refractivity contribution in [1.82, 2.24) is 0 Å². The molecule has 2 aliphatic heterocycles. The zero-order valence-electron chi connectivity index (χ0n) is 5.43. The molecule has 0 bridgehead atoms. The number of rotatable bonds is 0. The minimum atomic E-state index is -0.554. The Labute approximate surface area is 58.4 Å². The molecule has 0 aromatic rings. The number of ether oxygens (including phenoxy) is 2. The zero-order valence-corrected chi connectivity index (χ0v) is 5.43. The van der Waals surface area contributed by atoms with Gasteiger partial charge >= 0.3 is 0 Å². The summed E-state index contributed by atoms with van der Waals surface area (Å²) in [6, 6.07) is 0. The van der Waals surface area contributed by atoms with Gasteiger partial charge < -0.3 is 19.7 Å². The maximum absolute atomic E-state index is 9.16. The Morgan fingerprint density at radius 1 is 0.900 bits per heavy atom. The van der Waals surface area contributed by atoms with Gasteiger partial charge in [0, 0.05) is 0 Å². The van der Waals surface area contributed by atoms with Crippen LogP contribution in [-0.2, 0) is 9.47 Å². The normalized spacial score (nSPS) is 53.4. The van der Waals surface area contributed by atoms with Crippen LogP contribution in [-0.4, -0.2) is 47.8 Å². The fourth-order valence-electron chi connectivity index (χ4n) is 1.46. The van der Waals surface area contributed by atoms with Gasteiger partial charge in [0.1, 0.15) is 24.4 Å². The highest BCUT2D eigenvalue weighted by atomic mass is 16.6. The predicted molar refractivity (Wildman–Crippen MR) is 31.5 cm³/mol. The van der Waals surface area contributed by atoms with Crippen molar-refractivity contribution in [3.63, 3.8) is 0 Å². The third-order valence-electron chi connectivity index (χ3n) is 2.00. The minimum Gasteiger partial charge on any atom is -0.388 e. The van der Waals surface area contributed by atoms with Crippen LogP contribution >= 0.6 is 0 Å². The van der Waals surface area contributed by atoms with Crippen molar-refractivity contribution in [2.75, 3.05) is 13.2 Å². The van der Waals surface area contributed by atoms with E-state index in [9.17, 15) is 0 Å². The number of hydrogen-bond donors (Lipinski definition) is 2. The molecule has 0 radical (unpaired) electrons. The Morgan fingerprint density at radius 2 is 1.30 bits per heavy atom. The summed E-state index contributed by atoms with van der Waals surface area (Å²) in [6.07, 6.45) is -1.70. The van der Waals surface area contributed by atoms with Gasteiger partial charge in [-0.3, -0.25) is 0 Å². The summed E-state index contributed by atoms with van der Waals surface area (Å²) in [6.45, 7) is 0.568. The van der Waals surface area contributed by atoms with E-state index < -0.39 is 12.2 Å². The van der Waals surface area contributed by atoms with Gasteiger partial charge in [-0.15, -0.1) is 0 Å². The molecular formula is C6H10O4. The average molecular weight is 146 g/mol. The second-order valence-corrected chi connectivity index (χ2v) is 2.73. The fraction of sp³-hybridized carbons (Fsp3) is 1.00. The highest BCUT2D eigenvalue weighted by Crippen LogP contribution is 2.26. The predicted octanol–water partition coefficient (Wildman–Crippen LogP) is -1.49. The lowest BCUT2D eigenvalue weighted by Crippen LogP contribution is -2.30. The summed E-state index contributed by atoms with van der Waals surface area (Å²) in [5, 5.41) is 18.3. The molecule has 0 spiro atoms. The highest BCUT2D eigenvalue weighted by Gasteiger charge is 2.46. The van der Waals surface area contributed by atoms with Crippen molar-refractivity contribution in [2.24, 2.45) is 0 Å². The van der Waals surface area contributed by atoms with Crippen molar-refractivity contribution in [1.29, 1.82) is 0 Å². The van der Waals surface area contributed by atoms with E-state index in [2.05, 4.69) is 0 Å². The number of aliphatic hydroxyl groups excluding tert-OH is 2. The lowest BCUT2D eigenvalue weighted by molar-refractivity contribution is 0.00205. The summed E-state index contributed by atoms with van der Waals surface area (Å²) in [4.78, 5) is 0. The molecule has 58 valence electrons. The first kappa shape index (κ1) is 6.54. The van der Waals surface area contributed by atoms with Crippen LogP contribution in [0.15, 0.2) is 0 Å². The quantitative estimate of drug-likeness (QED) is 0.437. The van der Waals surface area contributed by atoms with Crippen molar-refractivity contribution >= 4 is 0 Å². The van der Waals surface area contributed by atoms with Crippen LogP contribution < -0.4 is 0 Å². The molecule has 0 amide bonds. The molecule has 2 rings (SSSR count). The van der Waals surface area contributed by atoms with Gasteiger partial charge in [0.05, 0.1) is 13.2 Å². The summed E-state index contributed by atoms with van der Waals surface area (Å²) in [5.74, 6) is 0. The molecule has 2 fully saturated rings. The summed E-state index contributed by atoms with van der Waals surface area (Å²) >= 11 is 0. The highest BCUT2D eigenvalue weighted by molar-refractivity contribution is 4.93. The van der Waals surface area contributed by atoms with Crippen LogP contribution in [0.25, 0.3) is 0 Å². The Balaban J connectivity index is 2.09. The number of aliphatic hydroxyl groups is 2. The van der Waals surface area contributed by atoms with Gasteiger partial charge in [-0.1, -0.05) is 0 Å². The maximum Gasteiger partial charge on any atom is 0.114 e. The van der Waals surface area contributed by atoms with Crippen molar-refractivity contribution < 1.29 is 19.7 Å². The van der Waals surface area contributed by atoms with Crippen LogP contribution in [0.3, 0.4) is 0 Å². The number of fused-ring (bicyclic) bond motifs is 1. The molecule has 10 heavy (non-hydrogen) atoms. The summed E-state index contributed by atoms with van der Waals surface area (Å²) in [7, 11) is 0. The van der Waals surface area contributed by atoms with E-state index in [-0.39, 0.29) is 25.4 Å². The van der Waals surface area contributed by atoms with Gasteiger partial charge in [-0.05, 0) is 0 Å². The second-order valence-electron chi connectivity index (χ2n) is 2.73. The third kappa shape index (κ3) is 0.769. The molecule has 0 aromatic carbocycles. The van der Waals surface area contributed by atoms with E-state index in [0.717, 1.165) is 0 Å². The molecule has 2 aliphatic rings. The van der Waals surface area contributed by atoms with Crippen LogP contribution in [0.4, 0.5) is 0 Å². The first-order valence-electron chi connectivity index (χ1n) is 3.38. The molecule has 2 saturated heterocycles. The third-order valence-corrected chi connectivity index (χ3v) is 2.00. The van der Waals surface area contributed by atoms with Crippen LogP contribution in [0.5, 0.6) is 0 Å². The van der Waals surface area contributed by atoms with Crippen LogP contribution in [0.2, 0.25) is 0 Å². The average Bonchev–Trinajstić information content (AvgIpc) is 2.41. The Hall–Kier alpha value is -0.160. The topological polar surface area (TPSA) is 58.9 Å². The molecule has 4 nitrogen and oxygen atoms in total. The van der Waals surface area contributed by atoms with E-state index in [1.807, 2.05) is 0 Å². The molecule has 0 saturated carbocycles. The first-order chi connectivity index (χ1) is 4.79. The smallest absolute Gasteiger partial charge is 0.114 e. The van der Waals surface area contributed by atoms with E-state index in [0.29, 0.717) is 0 Å². The van der Waals surface area contributed by atoms with E-state index in [1.165, 1.54) is 0 Å². The molecule has 2 N–H and O–H groups in total. The van der Waals surface area contributed by atoms with Crippen LogP contribution in [0, 0.1) is 0 Å². The maximum atomic E-state index is 9.16. The van der Waals surface area contributed by atoms with Gasteiger partial charge in [0.2, 0.25) is 0 Å². The largest absolute Gasteiger partial charge is 0.388 e. The van der Waals surface area contributed by atoms with E-state index in [1.54, 1.807) is 0 Å². The minimum absolute atomic E-state index is 0.284. The lowest BCUT2D eigenvalue weighted by Gasteiger charge is -2.09. The standard InChI is InChI=1S/C6H10O4/c7-3-1-9-6-4(8)2-10-5(3)6/h3-8H,1-2H2/t3?,4?,5-,6-/m0/s1. The lowest BCUT2D eigenvalue weighted by atomic mass is 10.1. The van der Waals surface area contributed by atoms with Gasteiger partial charge in [0.25, 0.3) is 0 Å². The molecule has 4 atom stereocenters. The van der Waals surface area contributed by atoms with Crippen molar-refractivity contribution in [3.05, 3.63) is 0 Å². The molecule has 2 unspecified atom stereocenters. The van der Waals surface area contributed by atoms with Crippen molar-refractivity contribution in [2.45, 2.75) is 24.4 Å². The second kappa shape index (κ2) is 2.17. The fourth-order valence-corrected chi connectivity index (χ4v) is 1.46.